The van der Waals surface area contributed by atoms with Crippen LogP contribution in [-0.2, 0) is 22.4 Å². The normalized spacial score (nSPS) is 22.2. The van der Waals surface area contributed by atoms with Gasteiger partial charge < -0.3 is 34.4 Å². The number of nitriles is 1. The number of anilines is 2. The van der Waals surface area contributed by atoms with Crippen LogP contribution >= 0.6 is 0 Å². The van der Waals surface area contributed by atoms with Crippen LogP contribution in [0.1, 0.15) is 24.1 Å². The fourth-order valence-corrected chi connectivity index (χ4v) is 6.73. The van der Waals surface area contributed by atoms with E-state index in [1.54, 1.807) is 0 Å². The Morgan fingerprint density at radius 2 is 1.93 bits per heavy atom. The number of benzene rings is 2. The Kier molecular flexibility index (Phi) is 10.0. The number of fused-ring (bicyclic) bond motifs is 2. The van der Waals surface area contributed by atoms with E-state index in [9.17, 15) is 5.26 Å². The number of nitrogens with zero attached hydrogens (tertiary/aromatic N) is 6. The zero-order chi connectivity index (χ0) is 30.3. The van der Waals surface area contributed by atoms with Gasteiger partial charge in [0.2, 0.25) is 0 Å². The van der Waals surface area contributed by atoms with Crippen LogP contribution < -0.4 is 19.9 Å². The summed E-state index contributed by atoms with van der Waals surface area (Å²) in [6.07, 6.45) is 2.35. The number of piperazine rings is 1. The second-order valence-electron chi connectivity index (χ2n) is 12.0. The lowest BCUT2D eigenvalue weighted by Crippen LogP contribution is -2.95. The lowest BCUT2D eigenvalue weighted by molar-refractivity contribution is -0.689. The smallest absolute Gasteiger partial charge is 0.318 e. The molecule has 0 amide bonds. The van der Waals surface area contributed by atoms with E-state index in [2.05, 4.69) is 75.6 Å². The molecular formula is C33H44N7O4+. The quantitative estimate of drug-likeness (QED) is 0.294. The number of likely N-dealkylation sites (N-methyl/N-ethyl adjacent to an activating group) is 1. The molecule has 3 aliphatic heterocycles. The fraction of sp³-hybridized carbons (Fsp3) is 0.545. The van der Waals surface area contributed by atoms with Gasteiger partial charge >= 0.3 is 6.01 Å². The number of likely N-dealkylation sites (tertiary alicyclic amines) is 1. The summed E-state index contributed by atoms with van der Waals surface area (Å²) in [7, 11) is 2.10. The van der Waals surface area contributed by atoms with E-state index < -0.39 is 0 Å². The van der Waals surface area contributed by atoms with Crippen molar-refractivity contribution in [1.29, 1.82) is 5.26 Å². The van der Waals surface area contributed by atoms with Crippen LogP contribution in [0.2, 0.25) is 0 Å². The maximum Gasteiger partial charge on any atom is 0.318 e. The number of hydrogen-bond donors (Lipinski definition) is 2. The van der Waals surface area contributed by atoms with Crippen LogP contribution in [0.25, 0.3) is 10.8 Å². The van der Waals surface area contributed by atoms with Gasteiger partial charge in [0.15, 0.2) is 0 Å². The van der Waals surface area contributed by atoms with E-state index in [1.807, 2.05) is 0 Å². The van der Waals surface area contributed by atoms with Crippen LogP contribution in [0.3, 0.4) is 0 Å². The van der Waals surface area contributed by atoms with Crippen LogP contribution in [0.5, 0.6) is 6.01 Å². The first-order valence-electron chi connectivity index (χ1n) is 15.8. The molecule has 3 aliphatic rings. The SMILES string of the molecule is CN1CC(OCCOCCO)CC1COc1nc2c(c(N3CC[NH2+]C(CC#N)C3)n1)CCN(c1cccc3ccccc13)C2. The molecule has 1 aromatic heterocycles. The average molecular weight is 603 g/mol. The van der Waals surface area contributed by atoms with Gasteiger partial charge in [-0.3, -0.25) is 4.90 Å². The van der Waals surface area contributed by atoms with Crippen molar-refractivity contribution in [3.8, 4) is 12.1 Å². The molecule has 3 unspecified atom stereocenters. The van der Waals surface area contributed by atoms with Crippen LogP contribution in [0.4, 0.5) is 11.5 Å². The first-order chi connectivity index (χ1) is 21.6. The largest absolute Gasteiger partial charge is 0.462 e. The van der Waals surface area contributed by atoms with E-state index >= 15 is 0 Å². The molecule has 44 heavy (non-hydrogen) atoms. The highest BCUT2D eigenvalue weighted by molar-refractivity contribution is 5.94. The number of hydrogen-bond acceptors (Lipinski definition) is 10. The summed E-state index contributed by atoms with van der Waals surface area (Å²) < 4.78 is 17.7. The summed E-state index contributed by atoms with van der Waals surface area (Å²) in [5.74, 6) is 0.961. The summed E-state index contributed by atoms with van der Waals surface area (Å²) >= 11 is 0. The number of aromatic nitrogens is 2. The van der Waals surface area contributed by atoms with E-state index in [-0.39, 0.29) is 24.8 Å². The van der Waals surface area contributed by atoms with E-state index in [4.69, 9.17) is 29.3 Å². The van der Waals surface area contributed by atoms with Crippen molar-refractivity contribution >= 4 is 22.3 Å². The molecule has 11 heteroatoms. The Morgan fingerprint density at radius 1 is 1.05 bits per heavy atom. The highest BCUT2D eigenvalue weighted by atomic mass is 16.5. The number of aliphatic hydroxyl groups is 1. The minimum Gasteiger partial charge on any atom is -0.462 e. The molecule has 234 valence electrons. The zero-order valence-electron chi connectivity index (χ0n) is 25.6. The van der Waals surface area contributed by atoms with Crippen LogP contribution in [0.15, 0.2) is 42.5 Å². The van der Waals surface area contributed by atoms with Gasteiger partial charge in [-0.05, 0) is 31.3 Å². The van der Waals surface area contributed by atoms with Gasteiger partial charge in [0.05, 0.1) is 76.9 Å². The monoisotopic (exact) mass is 602 g/mol. The highest BCUT2D eigenvalue weighted by Crippen LogP contribution is 2.34. The minimum absolute atomic E-state index is 0.0237. The maximum absolute atomic E-state index is 9.35. The zero-order valence-corrected chi connectivity index (χ0v) is 25.6. The van der Waals surface area contributed by atoms with Crippen LogP contribution in [-0.4, -0.2) is 111 Å². The van der Waals surface area contributed by atoms with Gasteiger partial charge in [-0.15, -0.1) is 0 Å². The van der Waals surface area contributed by atoms with Crippen molar-refractivity contribution < 1.29 is 24.6 Å². The predicted octanol–water partition coefficient (Wildman–Crippen LogP) is 1.34. The summed E-state index contributed by atoms with van der Waals surface area (Å²) in [5, 5.41) is 23.0. The Labute approximate surface area is 259 Å². The Bertz CT molecular complexity index is 1440. The molecule has 2 aromatic carbocycles. The molecule has 6 rings (SSSR count). The third kappa shape index (κ3) is 7.06. The number of quaternary nitrogens is 1. The van der Waals surface area contributed by atoms with Crippen molar-refractivity contribution in [3.63, 3.8) is 0 Å². The first-order valence-corrected chi connectivity index (χ1v) is 15.8. The standard InChI is InChI=1S/C33H43N7O4/c1-38-21-27(43-18-17-42-16-15-41)19-26(38)23-44-33-36-30-22-39(31-8-4-6-24-5-2-3-7-28(24)31)13-10-29(30)32(37-33)40-14-12-35-25(20-40)9-11-34/h2-8,25-27,35,41H,9-10,12-23H2,1H3/p+1. The third-order valence-electron chi connectivity index (χ3n) is 9.01. The molecule has 0 radical (unpaired) electrons. The number of ether oxygens (including phenoxy) is 3. The van der Waals surface area contributed by atoms with Crippen LogP contribution in [0, 0.1) is 11.3 Å². The lowest BCUT2D eigenvalue weighted by atomic mass is 10.0. The summed E-state index contributed by atoms with van der Waals surface area (Å²) in [6.45, 7) is 6.83. The van der Waals surface area contributed by atoms with E-state index in [0.717, 1.165) is 57.1 Å². The molecule has 0 saturated carbocycles. The van der Waals surface area contributed by atoms with Gasteiger partial charge in [-0.25, -0.2) is 0 Å². The van der Waals surface area contributed by atoms with Gasteiger partial charge in [-0.2, -0.15) is 15.2 Å². The molecule has 3 N–H and O–H groups in total. The Balaban J connectivity index is 1.20. The van der Waals surface area contributed by atoms with Crippen molar-refractivity contribution in [2.45, 2.75) is 44.0 Å². The van der Waals surface area contributed by atoms with E-state index in [1.165, 1.54) is 22.0 Å². The molecule has 0 aliphatic carbocycles. The first kappa shape index (κ1) is 30.5. The second-order valence-corrected chi connectivity index (χ2v) is 12.0. The summed E-state index contributed by atoms with van der Waals surface area (Å²) in [4.78, 5) is 17.1. The predicted molar refractivity (Wildman–Crippen MR) is 168 cm³/mol. The van der Waals surface area contributed by atoms with Gasteiger partial charge in [0.1, 0.15) is 18.5 Å². The number of nitrogens with two attached hydrogens (primary N) is 1. The minimum atomic E-state index is 0.0237. The summed E-state index contributed by atoms with van der Waals surface area (Å²) in [6, 6.07) is 18.2. The molecule has 0 bridgehead atoms. The Hall–Kier alpha value is -3.53. The molecule has 4 heterocycles. The highest BCUT2D eigenvalue weighted by Gasteiger charge is 2.33. The number of rotatable bonds is 12. The van der Waals surface area contributed by atoms with Crippen molar-refractivity contribution in [2.24, 2.45) is 0 Å². The Morgan fingerprint density at radius 3 is 2.82 bits per heavy atom. The van der Waals surface area contributed by atoms with Crippen molar-refractivity contribution in [3.05, 3.63) is 53.7 Å². The molecule has 2 fully saturated rings. The molecule has 3 aromatic rings. The third-order valence-corrected chi connectivity index (χ3v) is 9.01. The van der Waals surface area contributed by atoms with E-state index in [0.29, 0.717) is 45.4 Å². The fourth-order valence-electron chi connectivity index (χ4n) is 6.73. The maximum atomic E-state index is 9.35. The van der Waals surface area contributed by atoms with Crippen molar-refractivity contribution in [2.75, 3.05) is 82.6 Å². The average Bonchev–Trinajstić information content (AvgIpc) is 3.41. The van der Waals surface area contributed by atoms with Gasteiger partial charge in [-0.1, -0.05) is 36.4 Å². The van der Waals surface area contributed by atoms with Crippen molar-refractivity contribution in [1.82, 2.24) is 14.9 Å². The van der Waals surface area contributed by atoms with Gasteiger partial charge in [0, 0.05) is 35.8 Å². The molecule has 3 atom stereocenters. The molecule has 2 saturated heterocycles. The second kappa shape index (κ2) is 14.5. The lowest BCUT2D eigenvalue weighted by Gasteiger charge is -2.36. The van der Waals surface area contributed by atoms with Gasteiger partial charge in [0.25, 0.3) is 0 Å². The topological polar surface area (TPSA) is 124 Å². The molecular weight excluding hydrogens is 558 g/mol. The molecule has 11 nitrogen and oxygen atoms in total. The number of aliphatic hydroxyl groups excluding tert-OH is 1. The molecule has 0 spiro atoms. The summed E-state index contributed by atoms with van der Waals surface area (Å²) in [5.41, 5.74) is 3.43.